The molecule has 0 heterocycles. The van der Waals surface area contributed by atoms with Crippen LogP contribution < -0.4 is 22.8 Å². The van der Waals surface area contributed by atoms with Crippen LogP contribution in [0.3, 0.4) is 0 Å². The molecule has 0 bridgehead atoms. The van der Waals surface area contributed by atoms with Crippen LogP contribution in [0, 0.1) is 5.92 Å². The standard InChI is InChI=1S/C5H10O2.C4H11N.C2H7P.ClH/c1-3-4(2)5(6)7;1-3-4-5-2;1-2-3;/h4H,3H2,1-2H3,(H,6,7);5H,3-4H2,1-2H3;2-3H2,1H3;1H. The summed E-state index contributed by atoms with van der Waals surface area (Å²) in [7, 11) is 4.67. The van der Waals surface area contributed by atoms with Gasteiger partial charge in [0.25, 0.3) is 0 Å². The molecule has 3 nitrogen and oxygen atoms in total. The Hall–Kier alpha value is 0.150. The summed E-state index contributed by atoms with van der Waals surface area (Å²) in [6, 6.07) is 0. The predicted octanol–water partition coefficient (Wildman–Crippen LogP) is -2.63. The van der Waals surface area contributed by atoms with Crippen LogP contribution in [0.5, 0.6) is 0 Å². The monoisotopic (exact) mass is 273 g/mol. The first-order chi connectivity index (χ1) is 7.01. The van der Waals surface area contributed by atoms with Gasteiger partial charge in [-0.25, -0.2) is 0 Å². The van der Waals surface area contributed by atoms with Gasteiger partial charge in [0.05, 0.1) is 13.6 Å². The lowest BCUT2D eigenvalue weighted by Crippen LogP contribution is -3.00. The van der Waals surface area contributed by atoms with Gasteiger partial charge in [0, 0.05) is 5.97 Å². The quantitative estimate of drug-likeness (QED) is 0.570. The van der Waals surface area contributed by atoms with Crippen LogP contribution in [0.25, 0.3) is 0 Å². The molecule has 0 aliphatic heterocycles. The highest BCUT2D eigenvalue weighted by atomic mass is 35.5. The highest BCUT2D eigenvalue weighted by Crippen LogP contribution is 1.95. The maximum absolute atomic E-state index is 9.82. The van der Waals surface area contributed by atoms with E-state index in [0.717, 1.165) is 0 Å². The summed E-state index contributed by atoms with van der Waals surface area (Å²) in [5, 5.41) is 12.0. The molecule has 0 radical (unpaired) electrons. The van der Waals surface area contributed by atoms with Gasteiger partial charge in [0.2, 0.25) is 0 Å². The lowest BCUT2D eigenvalue weighted by Gasteiger charge is -2.06. The van der Waals surface area contributed by atoms with Crippen LogP contribution in [0.2, 0.25) is 0 Å². The largest absolute Gasteiger partial charge is 1.00 e. The molecule has 0 saturated carbocycles. The fraction of sp³-hybridized carbons (Fsp3) is 0.909. The second-order valence-electron chi connectivity index (χ2n) is 3.23. The smallest absolute Gasteiger partial charge is 1.00 e. The average molecular weight is 274 g/mol. The summed E-state index contributed by atoms with van der Waals surface area (Å²) in [5.74, 6) is -1.25. The van der Waals surface area contributed by atoms with Crippen molar-refractivity contribution in [2.45, 2.75) is 40.5 Å². The van der Waals surface area contributed by atoms with E-state index in [4.69, 9.17) is 0 Å². The van der Waals surface area contributed by atoms with Gasteiger partial charge in [-0.05, 0) is 24.9 Å². The van der Waals surface area contributed by atoms with Gasteiger partial charge in [-0.3, -0.25) is 0 Å². The number of carboxylic acid groups (broad SMARTS) is 1. The SMILES string of the molecule is CCC(C)C(=O)[O-].CCC[NH2+]C.CCP.[Cl-].[H+]. The van der Waals surface area contributed by atoms with E-state index in [1.54, 1.807) is 6.92 Å². The first kappa shape index (κ1) is 25.1. The number of halogens is 1. The lowest BCUT2D eigenvalue weighted by molar-refractivity contribution is -0.626. The van der Waals surface area contributed by atoms with Gasteiger partial charge >= 0.3 is 1.43 Å². The van der Waals surface area contributed by atoms with E-state index in [9.17, 15) is 9.90 Å². The van der Waals surface area contributed by atoms with E-state index >= 15 is 0 Å². The van der Waals surface area contributed by atoms with Crippen molar-refractivity contribution in [1.82, 2.24) is 0 Å². The molecule has 5 heteroatoms. The predicted molar refractivity (Wildman–Crippen MR) is 68.8 cm³/mol. The molecule has 0 aliphatic rings. The van der Waals surface area contributed by atoms with Crippen molar-refractivity contribution in [3.8, 4) is 0 Å². The molecule has 2 unspecified atom stereocenters. The maximum atomic E-state index is 9.82. The zero-order chi connectivity index (χ0) is 12.7. The molecule has 0 rings (SSSR count). The Morgan fingerprint density at radius 3 is 1.81 bits per heavy atom. The van der Waals surface area contributed by atoms with Crippen molar-refractivity contribution in [3.05, 3.63) is 0 Å². The lowest BCUT2D eigenvalue weighted by atomic mass is 10.1. The normalized spacial score (nSPS) is 9.62. The zero-order valence-electron chi connectivity index (χ0n) is 12.3. The van der Waals surface area contributed by atoms with Crippen molar-refractivity contribution < 1.29 is 29.1 Å². The van der Waals surface area contributed by atoms with Gasteiger partial charge < -0.3 is 27.6 Å². The molecule has 2 atom stereocenters. The Bertz CT molecular complexity index is 130. The minimum atomic E-state index is -0.956. The van der Waals surface area contributed by atoms with E-state index in [1.165, 1.54) is 19.1 Å². The number of hydrogen-bond donors (Lipinski definition) is 1. The van der Waals surface area contributed by atoms with Gasteiger partial charge in [0.15, 0.2) is 0 Å². The first-order valence-corrected chi connectivity index (χ1v) is 6.51. The third-order valence-electron chi connectivity index (χ3n) is 1.59. The molecular weight excluding hydrogens is 245 g/mol. The maximum Gasteiger partial charge on any atom is 1.00 e. The van der Waals surface area contributed by atoms with Crippen molar-refractivity contribution >= 4 is 15.2 Å². The number of hydrogen-bond acceptors (Lipinski definition) is 2. The zero-order valence-corrected chi connectivity index (χ0v) is 13.2. The number of carbonyl (C=O) groups is 1. The third kappa shape index (κ3) is 36.8. The Kier molecular flexibility index (Phi) is 38.3. The van der Waals surface area contributed by atoms with Crippen LogP contribution in [-0.4, -0.2) is 25.7 Å². The highest BCUT2D eigenvalue weighted by molar-refractivity contribution is 7.16. The second-order valence-corrected chi connectivity index (χ2v) is 4.05. The second kappa shape index (κ2) is 24.4. The molecule has 16 heavy (non-hydrogen) atoms. The summed E-state index contributed by atoms with van der Waals surface area (Å²) in [6.45, 7) is 8.99. The molecule has 0 spiro atoms. The fourth-order valence-electron chi connectivity index (χ4n) is 0.455. The van der Waals surface area contributed by atoms with E-state index in [2.05, 4.69) is 35.5 Å². The molecular formula is C11H29ClNO2P. The van der Waals surface area contributed by atoms with Crippen LogP contribution in [0.15, 0.2) is 0 Å². The molecule has 0 aromatic heterocycles. The molecule has 0 fully saturated rings. The number of aliphatic carboxylic acids is 1. The summed E-state index contributed by atoms with van der Waals surface area (Å²) >= 11 is 0. The number of carbonyl (C=O) groups excluding carboxylic acids is 1. The molecule has 102 valence electrons. The minimum absolute atomic E-state index is 0. The van der Waals surface area contributed by atoms with Crippen molar-refractivity contribution in [3.63, 3.8) is 0 Å². The number of nitrogens with two attached hydrogens (primary N) is 1. The molecule has 0 amide bonds. The number of carboxylic acids is 1. The van der Waals surface area contributed by atoms with Crippen LogP contribution in [0.1, 0.15) is 42.0 Å². The van der Waals surface area contributed by atoms with Gasteiger partial charge in [-0.1, -0.05) is 27.7 Å². The molecule has 2 N–H and O–H groups in total. The van der Waals surface area contributed by atoms with E-state index in [1.807, 2.05) is 6.92 Å². The first-order valence-electron chi connectivity index (χ1n) is 5.70. The molecule has 0 aliphatic carbocycles. The Morgan fingerprint density at radius 2 is 1.81 bits per heavy atom. The average Bonchev–Trinajstić information content (AvgIpc) is 2.20. The van der Waals surface area contributed by atoms with Gasteiger partial charge in [-0.15, -0.1) is 9.24 Å². The third-order valence-corrected chi connectivity index (χ3v) is 1.59. The minimum Gasteiger partial charge on any atom is -1.00 e. The van der Waals surface area contributed by atoms with Crippen LogP contribution in [0.4, 0.5) is 0 Å². The molecule has 0 aromatic rings. The topological polar surface area (TPSA) is 56.7 Å². The van der Waals surface area contributed by atoms with Crippen molar-refractivity contribution in [1.29, 1.82) is 0 Å². The van der Waals surface area contributed by atoms with Crippen molar-refractivity contribution in [2.75, 3.05) is 19.8 Å². The summed E-state index contributed by atoms with van der Waals surface area (Å²) in [5.41, 5.74) is 0. The number of rotatable bonds is 4. The summed E-state index contributed by atoms with van der Waals surface area (Å²) in [6.07, 6.45) is 3.11. The van der Waals surface area contributed by atoms with Gasteiger partial charge in [-0.2, -0.15) is 0 Å². The van der Waals surface area contributed by atoms with E-state index in [-0.39, 0.29) is 19.8 Å². The Labute approximate surface area is 111 Å². The fourth-order valence-corrected chi connectivity index (χ4v) is 0.455. The van der Waals surface area contributed by atoms with Crippen LogP contribution >= 0.6 is 9.24 Å². The Morgan fingerprint density at radius 1 is 1.44 bits per heavy atom. The highest BCUT2D eigenvalue weighted by Gasteiger charge is 1.94. The van der Waals surface area contributed by atoms with Gasteiger partial charge in [0.1, 0.15) is 0 Å². The summed E-state index contributed by atoms with van der Waals surface area (Å²) in [4.78, 5) is 9.82. The molecule has 0 saturated heterocycles. The van der Waals surface area contributed by atoms with E-state index < -0.39 is 5.97 Å². The summed E-state index contributed by atoms with van der Waals surface area (Å²) < 4.78 is 0. The number of quaternary nitrogens is 1. The van der Waals surface area contributed by atoms with E-state index in [0.29, 0.717) is 6.42 Å². The molecule has 0 aromatic carbocycles. The van der Waals surface area contributed by atoms with Crippen LogP contribution in [-0.2, 0) is 4.79 Å². The van der Waals surface area contributed by atoms with Crippen molar-refractivity contribution in [2.24, 2.45) is 5.92 Å². The Balaban J connectivity index is -0.0000000430.